The molecule has 1 saturated heterocycles. The van der Waals surface area contributed by atoms with E-state index in [2.05, 4.69) is 16.3 Å². The van der Waals surface area contributed by atoms with E-state index in [-0.39, 0.29) is 24.0 Å². The lowest BCUT2D eigenvalue weighted by Crippen LogP contribution is -2.40. The summed E-state index contributed by atoms with van der Waals surface area (Å²) in [5.41, 5.74) is 1.16. The number of benzene rings is 1. The lowest BCUT2D eigenvalue weighted by Gasteiger charge is -2.23. The molecule has 0 bridgehead atoms. The minimum Gasteiger partial charge on any atom is -0.469 e. The zero-order valence-corrected chi connectivity index (χ0v) is 18.7. The quantitative estimate of drug-likeness (QED) is 0.349. The van der Waals surface area contributed by atoms with E-state index in [0.29, 0.717) is 5.92 Å². The van der Waals surface area contributed by atoms with E-state index in [0.717, 1.165) is 68.0 Å². The highest BCUT2D eigenvalue weighted by molar-refractivity contribution is 14.0. The molecule has 1 unspecified atom stereocenters. The number of nitrogens with zero attached hydrogens (tertiary/aromatic N) is 2. The van der Waals surface area contributed by atoms with E-state index in [4.69, 9.17) is 25.7 Å². The fourth-order valence-electron chi connectivity index (χ4n) is 2.99. The minimum absolute atomic E-state index is 0. The molecule has 2 heterocycles. The highest BCUT2D eigenvalue weighted by atomic mass is 127. The Kier molecular flexibility index (Phi) is 9.44. The lowest BCUT2D eigenvalue weighted by atomic mass is 10.1. The van der Waals surface area contributed by atoms with E-state index in [1.165, 1.54) is 0 Å². The van der Waals surface area contributed by atoms with Gasteiger partial charge in [0.2, 0.25) is 0 Å². The molecule has 1 N–H and O–H groups in total. The first-order chi connectivity index (χ1) is 12.7. The van der Waals surface area contributed by atoms with Gasteiger partial charge in [-0.15, -0.1) is 24.0 Å². The maximum Gasteiger partial charge on any atom is 0.193 e. The van der Waals surface area contributed by atoms with E-state index >= 15 is 0 Å². The summed E-state index contributed by atoms with van der Waals surface area (Å²) in [6.45, 7) is 3.95. The van der Waals surface area contributed by atoms with Gasteiger partial charge in [0.05, 0.1) is 12.9 Å². The topological polar surface area (TPSA) is 50.0 Å². The number of halogens is 2. The molecule has 7 heteroatoms. The smallest absolute Gasteiger partial charge is 0.193 e. The summed E-state index contributed by atoms with van der Waals surface area (Å²) in [4.78, 5) is 6.96. The van der Waals surface area contributed by atoms with Crippen LogP contribution in [0.1, 0.15) is 17.7 Å². The van der Waals surface area contributed by atoms with Crippen LogP contribution in [0.4, 0.5) is 0 Å². The highest BCUT2D eigenvalue weighted by Crippen LogP contribution is 2.14. The number of hydrogen-bond acceptors (Lipinski definition) is 3. The maximum absolute atomic E-state index is 6.11. The summed E-state index contributed by atoms with van der Waals surface area (Å²) in [6, 6.07) is 11.8. The van der Waals surface area contributed by atoms with Gasteiger partial charge in [-0.05, 0) is 36.2 Å². The summed E-state index contributed by atoms with van der Waals surface area (Å²) in [5.74, 6) is 2.37. The summed E-state index contributed by atoms with van der Waals surface area (Å²) >= 11 is 6.11. The summed E-state index contributed by atoms with van der Waals surface area (Å²) in [7, 11) is 2.05. The molecule has 1 aromatic heterocycles. The van der Waals surface area contributed by atoms with Gasteiger partial charge in [0, 0.05) is 50.7 Å². The van der Waals surface area contributed by atoms with Gasteiger partial charge in [-0.25, -0.2) is 0 Å². The average Bonchev–Trinajstić information content (AvgIpc) is 3.31. The molecule has 2 aromatic rings. The second kappa shape index (κ2) is 11.6. The van der Waals surface area contributed by atoms with Gasteiger partial charge < -0.3 is 19.4 Å². The van der Waals surface area contributed by atoms with Crippen LogP contribution >= 0.6 is 35.6 Å². The summed E-state index contributed by atoms with van der Waals surface area (Å²) < 4.78 is 10.9. The predicted octanol–water partition coefficient (Wildman–Crippen LogP) is 4.21. The van der Waals surface area contributed by atoms with Crippen LogP contribution in [0, 0.1) is 5.92 Å². The van der Waals surface area contributed by atoms with Crippen molar-refractivity contribution in [3.8, 4) is 0 Å². The molecular weight excluding hydrogens is 477 g/mol. The van der Waals surface area contributed by atoms with Crippen molar-refractivity contribution in [2.75, 3.05) is 33.4 Å². The Labute approximate surface area is 183 Å². The standard InChI is InChI=1S/C20H26ClN3O2.HI/c1-24(14-16-4-2-5-18(21)12-16)20(23-13-17-8-11-25-15-17)22-9-7-19-6-3-10-26-19;/h2-6,10,12,17H,7-9,11,13-15H2,1H3,(H,22,23);1H. The third-order valence-corrected chi connectivity index (χ3v) is 4.66. The summed E-state index contributed by atoms with van der Waals surface area (Å²) in [6.07, 6.45) is 3.61. The van der Waals surface area contributed by atoms with Crippen molar-refractivity contribution in [1.29, 1.82) is 0 Å². The number of aliphatic imine (C=N–C) groups is 1. The van der Waals surface area contributed by atoms with E-state index in [1.54, 1.807) is 6.26 Å². The van der Waals surface area contributed by atoms with E-state index in [9.17, 15) is 0 Å². The Morgan fingerprint density at radius 3 is 2.93 bits per heavy atom. The molecule has 1 aromatic carbocycles. The van der Waals surface area contributed by atoms with Gasteiger partial charge >= 0.3 is 0 Å². The van der Waals surface area contributed by atoms with Crippen LogP contribution < -0.4 is 5.32 Å². The Balaban J connectivity index is 0.00000261. The zero-order valence-electron chi connectivity index (χ0n) is 15.6. The zero-order chi connectivity index (χ0) is 18.2. The molecule has 5 nitrogen and oxygen atoms in total. The van der Waals surface area contributed by atoms with Gasteiger partial charge in [0.1, 0.15) is 5.76 Å². The molecular formula is C20H27ClIN3O2. The Hall–Kier alpha value is -1.25. The molecule has 148 valence electrons. The predicted molar refractivity (Wildman–Crippen MR) is 120 cm³/mol. The maximum atomic E-state index is 6.11. The van der Waals surface area contributed by atoms with E-state index < -0.39 is 0 Å². The molecule has 27 heavy (non-hydrogen) atoms. The first-order valence-electron chi connectivity index (χ1n) is 9.05. The molecule has 0 radical (unpaired) electrons. The number of rotatable bonds is 7. The Morgan fingerprint density at radius 1 is 1.33 bits per heavy atom. The van der Waals surface area contributed by atoms with Gasteiger partial charge in [-0.3, -0.25) is 4.99 Å². The highest BCUT2D eigenvalue weighted by Gasteiger charge is 2.16. The van der Waals surface area contributed by atoms with E-state index in [1.807, 2.05) is 37.4 Å². The minimum atomic E-state index is 0. The third kappa shape index (κ3) is 7.35. The van der Waals surface area contributed by atoms with Crippen LogP contribution in [-0.2, 0) is 17.7 Å². The van der Waals surface area contributed by atoms with Crippen LogP contribution in [0.2, 0.25) is 5.02 Å². The van der Waals surface area contributed by atoms with Gasteiger partial charge in [0.15, 0.2) is 5.96 Å². The van der Waals surface area contributed by atoms with Gasteiger partial charge in [-0.2, -0.15) is 0 Å². The molecule has 0 spiro atoms. The van der Waals surface area contributed by atoms with Gasteiger partial charge in [0.25, 0.3) is 0 Å². The SMILES string of the molecule is CN(Cc1cccc(Cl)c1)C(=NCC1CCOC1)NCCc1ccco1.I. The number of nitrogens with one attached hydrogen (secondary N) is 1. The molecule has 0 amide bonds. The van der Waals surface area contributed by atoms with Crippen molar-refractivity contribution in [1.82, 2.24) is 10.2 Å². The second-order valence-corrected chi connectivity index (χ2v) is 7.07. The Morgan fingerprint density at radius 2 is 2.22 bits per heavy atom. The molecule has 1 aliphatic rings. The summed E-state index contributed by atoms with van der Waals surface area (Å²) in [5, 5.41) is 4.21. The largest absolute Gasteiger partial charge is 0.469 e. The Bertz CT molecular complexity index is 703. The van der Waals surface area contributed by atoms with Crippen LogP contribution in [0.5, 0.6) is 0 Å². The van der Waals surface area contributed by atoms with Crippen molar-refractivity contribution >= 4 is 41.5 Å². The number of guanidine groups is 1. The molecule has 0 aliphatic carbocycles. The lowest BCUT2D eigenvalue weighted by molar-refractivity contribution is 0.187. The van der Waals surface area contributed by atoms with Crippen LogP contribution in [0.25, 0.3) is 0 Å². The number of hydrogen-bond donors (Lipinski definition) is 1. The van der Waals surface area contributed by atoms with Crippen LogP contribution in [0.15, 0.2) is 52.1 Å². The third-order valence-electron chi connectivity index (χ3n) is 4.43. The fourth-order valence-corrected chi connectivity index (χ4v) is 3.20. The fraction of sp³-hybridized carbons (Fsp3) is 0.450. The molecule has 1 aliphatic heterocycles. The monoisotopic (exact) mass is 503 g/mol. The molecule has 0 saturated carbocycles. The normalized spacial score (nSPS) is 16.8. The molecule has 3 rings (SSSR count). The number of furan rings is 1. The van der Waals surface area contributed by atoms with Crippen molar-refractivity contribution in [2.45, 2.75) is 19.4 Å². The van der Waals surface area contributed by atoms with Crippen molar-refractivity contribution < 1.29 is 9.15 Å². The molecule has 1 atom stereocenters. The first-order valence-corrected chi connectivity index (χ1v) is 9.42. The van der Waals surface area contributed by atoms with Crippen LogP contribution in [0.3, 0.4) is 0 Å². The average molecular weight is 504 g/mol. The second-order valence-electron chi connectivity index (χ2n) is 6.64. The van der Waals surface area contributed by atoms with Crippen molar-refractivity contribution in [2.24, 2.45) is 10.9 Å². The first kappa shape index (κ1) is 22.0. The van der Waals surface area contributed by atoms with Crippen LogP contribution in [-0.4, -0.2) is 44.2 Å². The number of ether oxygens (including phenoxy) is 1. The molecule has 1 fully saturated rings. The van der Waals surface area contributed by atoms with Gasteiger partial charge in [-0.1, -0.05) is 23.7 Å². The van der Waals surface area contributed by atoms with Crippen molar-refractivity contribution in [3.05, 3.63) is 59.0 Å². The van der Waals surface area contributed by atoms with Crippen molar-refractivity contribution in [3.63, 3.8) is 0 Å².